The van der Waals surface area contributed by atoms with Crippen LogP contribution in [-0.2, 0) is 9.53 Å². The van der Waals surface area contributed by atoms with E-state index in [-0.39, 0.29) is 17.4 Å². The monoisotopic (exact) mass is 199 g/mol. The quantitative estimate of drug-likeness (QED) is 0.631. The number of nitrogens with zero attached hydrogens (tertiary/aromatic N) is 1. The Bertz CT molecular complexity index is 213. The molecule has 0 saturated heterocycles. The predicted molar refractivity (Wildman–Crippen MR) is 56.1 cm³/mol. The van der Waals surface area contributed by atoms with Crippen LogP contribution in [-0.4, -0.2) is 36.1 Å². The Morgan fingerprint density at radius 2 is 2.00 bits per heavy atom. The van der Waals surface area contributed by atoms with Crippen molar-refractivity contribution >= 4 is 5.97 Å². The van der Waals surface area contributed by atoms with Crippen molar-refractivity contribution in [2.45, 2.75) is 39.7 Å². The average Bonchev–Trinajstić information content (AvgIpc) is 2.81. The van der Waals surface area contributed by atoms with Gasteiger partial charge in [-0.25, -0.2) is 0 Å². The SMILES string of the molecule is CCOC(=O)C1CC1(C)N(CC)CC. The fourth-order valence-electron chi connectivity index (χ4n) is 2.23. The molecular formula is C11H21NO2. The van der Waals surface area contributed by atoms with Crippen LogP contribution in [0.25, 0.3) is 0 Å². The summed E-state index contributed by atoms with van der Waals surface area (Å²) in [5, 5.41) is 0. The Morgan fingerprint density at radius 3 is 2.43 bits per heavy atom. The van der Waals surface area contributed by atoms with E-state index >= 15 is 0 Å². The fraction of sp³-hybridized carbons (Fsp3) is 0.909. The van der Waals surface area contributed by atoms with Crippen LogP contribution in [0.15, 0.2) is 0 Å². The van der Waals surface area contributed by atoms with E-state index in [0.29, 0.717) is 6.61 Å². The zero-order valence-corrected chi connectivity index (χ0v) is 9.67. The molecule has 3 heteroatoms. The molecule has 0 bridgehead atoms. The van der Waals surface area contributed by atoms with E-state index in [1.807, 2.05) is 6.92 Å². The lowest BCUT2D eigenvalue weighted by atomic mass is 10.2. The number of ether oxygens (including phenoxy) is 1. The van der Waals surface area contributed by atoms with Gasteiger partial charge in [0.05, 0.1) is 12.5 Å². The standard InChI is InChI=1S/C11H21NO2/c1-5-12(6-2)11(4)8-9(11)10(13)14-7-3/h9H,5-8H2,1-4H3. The highest BCUT2D eigenvalue weighted by atomic mass is 16.5. The van der Waals surface area contributed by atoms with E-state index in [2.05, 4.69) is 25.7 Å². The van der Waals surface area contributed by atoms with E-state index in [4.69, 9.17) is 4.74 Å². The smallest absolute Gasteiger partial charge is 0.310 e. The molecule has 0 N–H and O–H groups in total. The van der Waals surface area contributed by atoms with Gasteiger partial charge in [0.25, 0.3) is 0 Å². The summed E-state index contributed by atoms with van der Waals surface area (Å²) in [4.78, 5) is 13.9. The summed E-state index contributed by atoms with van der Waals surface area (Å²) < 4.78 is 5.03. The molecule has 0 aliphatic heterocycles. The molecule has 0 spiro atoms. The summed E-state index contributed by atoms with van der Waals surface area (Å²) in [7, 11) is 0. The molecule has 0 radical (unpaired) electrons. The minimum Gasteiger partial charge on any atom is -0.466 e. The Hall–Kier alpha value is -0.570. The number of hydrogen-bond acceptors (Lipinski definition) is 3. The van der Waals surface area contributed by atoms with Crippen molar-refractivity contribution in [1.29, 1.82) is 0 Å². The normalized spacial score (nSPS) is 30.5. The first-order valence-electron chi connectivity index (χ1n) is 5.51. The van der Waals surface area contributed by atoms with E-state index < -0.39 is 0 Å². The predicted octanol–water partition coefficient (Wildman–Crippen LogP) is 1.67. The van der Waals surface area contributed by atoms with Gasteiger partial charge in [-0.05, 0) is 33.4 Å². The van der Waals surface area contributed by atoms with Crippen LogP contribution in [0.2, 0.25) is 0 Å². The van der Waals surface area contributed by atoms with Crippen molar-refractivity contribution in [2.75, 3.05) is 19.7 Å². The van der Waals surface area contributed by atoms with Crippen LogP contribution in [0.4, 0.5) is 0 Å². The molecule has 1 aliphatic rings. The van der Waals surface area contributed by atoms with Gasteiger partial charge in [0.2, 0.25) is 0 Å². The first-order chi connectivity index (χ1) is 6.60. The van der Waals surface area contributed by atoms with Gasteiger partial charge in [0.15, 0.2) is 0 Å². The summed E-state index contributed by atoms with van der Waals surface area (Å²) in [5.74, 6) is 0.0734. The van der Waals surface area contributed by atoms with Gasteiger partial charge in [-0.1, -0.05) is 13.8 Å². The van der Waals surface area contributed by atoms with Gasteiger partial charge in [0.1, 0.15) is 0 Å². The second kappa shape index (κ2) is 4.30. The molecule has 2 unspecified atom stereocenters. The third-order valence-corrected chi connectivity index (χ3v) is 3.26. The summed E-state index contributed by atoms with van der Waals surface area (Å²) in [5.41, 5.74) is 0.0652. The van der Waals surface area contributed by atoms with Crippen molar-refractivity contribution in [3.05, 3.63) is 0 Å². The lowest BCUT2D eigenvalue weighted by molar-refractivity contribution is -0.145. The largest absolute Gasteiger partial charge is 0.466 e. The number of carbonyl (C=O) groups is 1. The van der Waals surface area contributed by atoms with Crippen molar-refractivity contribution in [3.8, 4) is 0 Å². The molecule has 0 aromatic heterocycles. The van der Waals surface area contributed by atoms with Crippen LogP contribution in [0.3, 0.4) is 0 Å². The van der Waals surface area contributed by atoms with Gasteiger partial charge < -0.3 is 4.74 Å². The molecule has 1 saturated carbocycles. The molecule has 1 aliphatic carbocycles. The fourth-order valence-corrected chi connectivity index (χ4v) is 2.23. The Kier molecular flexibility index (Phi) is 3.53. The van der Waals surface area contributed by atoms with Crippen LogP contribution < -0.4 is 0 Å². The van der Waals surface area contributed by atoms with Crippen molar-refractivity contribution in [1.82, 2.24) is 4.90 Å². The first kappa shape index (κ1) is 11.5. The third-order valence-electron chi connectivity index (χ3n) is 3.26. The third kappa shape index (κ3) is 1.92. The lowest BCUT2D eigenvalue weighted by Crippen LogP contribution is -2.37. The van der Waals surface area contributed by atoms with Crippen LogP contribution in [0.5, 0.6) is 0 Å². The van der Waals surface area contributed by atoms with Crippen molar-refractivity contribution in [3.63, 3.8) is 0 Å². The highest BCUT2D eigenvalue weighted by molar-refractivity contribution is 5.78. The second-order valence-electron chi connectivity index (χ2n) is 4.04. The topological polar surface area (TPSA) is 29.5 Å². The zero-order valence-electron chi connectivity index (χ0n) is 9.67. The molecule has 0 aromatic carbocycles. The molecule has 1 rings (SSSR count). The number of carbonyl (C=O) groups excluding carboxylic acids is 1. The van der Waals surface area contributed by atoms with E-state index in [0.717, 1.165) is 19.5 Å². The average molecular weight is 199 g/mol. The van der Waals surface area contributed by atoms with Crippen LogP contribution in [0, 0.1) is 5.92 Å². The Labute approximate surface area is 86.4 Å². The molecular weight excluding hydrogens is 178 g/mol. The summed E-state index contributed by atoms with van der Waals surface area (Å²) in [6.45, 7) is 10.8. The highest BCUT2D eigenvalue weighted by Gasteiger charge is 2.58. The number of hydrogen-bond donors (Lipinski definition) is 0. The van der Waals surface area contributed by atoms with Crippen LogP contribution >= 0.6 is 0 Å². The summed E-state index contributed by atoms with van der Waals surface area (Å²) in [6, 6.07) is 0. The summed E-state index contributed by atoms with van der Waals surface area (Å²) >= 11 is 0. The van der Waals surface area contributed by atoms with Gasteiger partial charge in [-0.15, -0.1) is 0 Å². The Balaban J connectivity index is 2.52. The maximum absolute atomic E-state index is 11.5. The number of esters is 1. The minimum atomic E-state index is -0.0260. The number of rotatable bonds is 5. The second-order valence-corrected chi connectivity index (χ2v) is 4.04. The maximum Gasteiger partial charge on any atom is 0.310 e. The van der Waals surface area contributed by atoms with E-state index in [1.54, 1.807) is 0 Å². The van der Waals surface area contributed by atoms with Gasteiger partial charge in [-0.2, -0.15) is 0 Å². The molecule has 0 aromatic rings. The minimum absolute atomic E-state index is 0.0260. The van der Waals surface area contributed by atoms with Gasteiger partial charge >= 0.3 is 5.97 Å². The molecule has 1 fully saturated rings. The Morgan fingerprint density at radius 1 is 1.43 bits per heavy atom. The van der Waals surface area contributed by atoms with Gasteiger partial charge in [0, 0.05) is 5.54 Å². The molecule has 82 valence electrons. The van der Waals surface area contributed by atoms with Crippen LogP contribution in [0.1, 0.15) is 34.1 Å². The highest BCUT2D eigenvalue weighted by Crippen LogP contribution is 2.48. The van der Waals surface area contributed by atoms with E-state index in [1.165, 1.54) is 0 Å². The van der Waals surface area contributed by atoms with Crippen molar-refractivity contribution < 1.29 is 9.53 Å². The van der Waals surface area contributed by atoms with E-state index in [9.17, 15) is 4.79 Å². The lowest BCUT2D eigenvalue weighted by Gasteiger charge is -2.27. The van der Waals surface area contributed by atoms with Crippen molar-refractivity contribution in [2.24, 2.45) is 5.92 Å². The zero-order chi connectivity index (χ0) is 10.8. The molecule has 2 atom stereocenters. The molecule has 0 amide bonds. The summed E-state index contributed by atoms with van der Waals surface area (Å²) in [6.07, 6.45) is 0.952. The van der Waals surface area contributed by atoms with Gasteiger partial charge in [-0.3, -0.25) is 9.69 Å². The molecule has 0 heterocycles. The first-order valence-corrected chi connectivity index (χ1v) is 5.51. The molecule has 14 heavy (non-hydrogen) atoms. The maximum atomic E-state index is 11.5. The molecule has 3 nitrogen and oxygen atoms in total.